The topological polar surface area (TPSA) is 42.2 Å². The maximum Gasteiger partial charge on any atom is 0.160 e. The Kier molecular flexibility index (Phi) is 7.77. The molecule has 0 fully saturated rings. The van der Waals surface area contributed by atoms with E-state index in [9.17, 15) is 0 Å². The Morgan fingerprint density at radius 2 is 0.926 bits per heavy atom. The molecule has 0 radical (unpaired) electrons. The Labute approximate surface area is 313 Å². The molecule has 0 saturated carbocycles. The van der Waals surface area contributed by atoms with E-state index in [0.717, 1.165) is 83.4 Å². The summed E-state index contributed by atoms with van der Waals surface area (Å²) in [6, 6.07) is 69.7. The summed E-state index contributed by atoms with van der Waals surface area (Å²) in [6.07, 6.45) is 0. The number of hydrogen-bond donors (Lipinski definition) is 0. The predicted octanol–water partition coefficient (Wildman–Crippen LogP) is 13.7. The fraction of sp³-hybridized carbons (Fsp3) is 0. The van der Waals surface area contributed by atoms with Crippen molar-refractivity contribution in [2.24, 2.45) is 0 Å². The van der Waals surface area contributed by atoms with Crippen molar-refractivity contribution in [3.05, 3.63) is 200 Å². The Hall–Kier alpha value is -7.30. The SMILES string of the molecule is c1ccc(-c2cccc(N(c3ccccc3)c3ccc4oc5c6ccccc6c(-c6cc(-c7ccccc7)nc(-c7ccccc7)n6)cc5c4c3)c2)cc1. The van der Waals surface area contributed by atoms with Crippen LogP contribution in [0.25, 0.3) is 77.7 Å². The minimum Gasteiger partial charge on any atom is -0.455 e. The van der Waals surface area contributed by atoms with Gasteiger partial charge in [0, 0.05) is 49.9 Å². The molecule has 0 aliphatic rings. The zero-order chi connectivity index (χ0) is 35.8. The lowest BCUT2D eigenvalue weighted by molar-refractivity contribution is 0.672. The van der Waals surface area contributed by atoms with E-state index in [-0.39, 0.29) is 0 Å². The van der Waals surface area contributed by atoms with Crippen LogP contribution in [-0.2, 0) is 0 Å². The highest BCUT2D eigenvalue weighted by Gasteiger charge is 2.20. The summed E-state index contributed by atoms with van der Waals surface area (Å²) < 4.78 is 6.71. The maximum atomic E-state index is 6.71. The first-order valence-corrected chi connectivity index (χ1v) is 18.2. The van der Waals surface area contributed by atoms with Crippen molar-refractivity contribution >= 4 is 49.8 Å². The number of rotatable bonds is 7. The maximum absolute atomic E-state index is 6.71. The number of benzene rings is 8. The van der Waals surface area contributed by atoms with Gasteiger partial charge < -0.3 is 9.32 Å². The molecular weight excluding hydrogens is 659 g/mol. The van der Waals surface area contributed by atoms with E-state index < -0.39 is 0 Å². The van der Waals surface area contributed by atoms with Crippen molar-refractivity contribution in [3.63, 3.8) is 0 Å². The molecule has 0 bridgehead atoms. The second-order valence-electron chi connectivity index (χ2n) is 13.4. The van der Waals surface area contributed by atoms with Gasteiger partial charge in [-0.2, -0.15) is 0 Å². The predicted molar refractivity (Wildman–Crippen MR) is 223 cm³/mol. The molecular formula is C50H33N3O. The van der Waals surface area contributed by atoms with Gasteiger partial charge in [0.2, 0.25) is 0 Å². The number of hydrogen-bond acceptors (Lipinski definition) is 4. The van der Waals surface area contributed by atoms with E-state index in [0.29, 0.717) is 5.82 Å². The van der Waals surface area contributed by atoms with Crippen molar-refractivity contribution in [1.29, 1.82) is 0 Å². The highest BCUT2D eigenvalue weighted by Crippen LogP contribution is 2.43. The molecule has 8 aromatic carbocycles. The fourth-order valence-corrected chi connectivity index (χ4v) is 7.47. The van der Waals surface area contributed by atoms with Gasteiger partial charge in [-0.1, -0.05) is 146 Å². The second kappa shape index (κ2) is 13.4. The van der Waals surface area contributed by atoms with Crippen LogP contribution in [0.1, 0.15) is 0 Å². The minimum absolute atomic E-state index is 0.687. The van der Waals surface area contributed by atoms with Crippen LogP contribution in [0.3, 0.4) is 0 Å². The third-order valence-corrected chi connectivity index (χ3v) is 10.0. The number of fused-ring (bicyclic) bond motifs is 5. The van der Waals surface area contributed by atoms with Gasteiger partial charge in [0.1, 0.15) is 11.2 Å². The van der Waals surface area contributed by atoms with E-state index in [4.69, 9.17) is 14.4 Å². The molecule has 54 heavy (non-hydrogen) atoms. The molecule has 0 atom stereocenters. The average Bonchev–Trinajstić information content (AvgIpc) is 3.63. The highest BCUT2D eigenvalue weighted by molar-refractivity contribution is 6.19. The zero-order valence-electron chi connectivity index (χ0n) is 29.3. The molecule has 10 rings (SSSR count). The van der Waals surface area contributed by atoms with Crippen molar-refractivity contribution in [3.8, 4) is 45.0 Å². The van der Waals surface area contributed by atoms with Crippen molar-refractivity contribution in [2.45, 2.75) is 0 Å². The monoisotopic (exact) mass is 691 g/mol. The summed E-state index contributed by atoms with van der Waals surface area (Å²) >= 11 is 0. The first kappa shape index (κ1) is 31.4. The molecule has 0 unspecified atom stereocenters. The molecule has 0 aliphatic heterocycles. The normalized spacial score (nSPS) is 11.3. The molecule has 0 N–H and O–H groups in total. The van der Waals surface area contributed by atoms with E-state index in [2.05, 4.69) is 169 Å². The molecule has 2 aromatic heterocycles. The number of para-hydroxylation sites is 1. The number of aromatic nitrogens is 2. The quantitative estimate of drug-likeness (QED) is 0.167. The van der Waals surface area contributed by atoms with Gasteiger partial charge >= 0.3 is 0 Å². The van der Waals surface area contributed by atoms with Crippen LogP contribution in [0.2, 0.25) is 0 Å². The number of nitrogens with zero attached hydrogens (tertiary/aromatic N) is 3. The van der Waals surface area contributed by atoms with Gasteiger partial charge in [-0.15, -0.1) is 0 Å². The second-order valence-corrected chi connectivity index (χ2v) is 13.4. The van der Waals surface area contributed by atoms with Crippen LogP contribution in [0.5, 0.6) is 0 Å². The van der Waals surface area contributed by atoms with Crippen LogP contribution >= 0.6 is 0 Å². The van der Waals surface area contributed by atoms with Crippen molar-refractivity contribution in [2.75, 3.05) is 4.90 Å². The van der Waals surface area contributed by atoms with Gasteiger partial charge in [0.15, 0.2) is 5.82 Å². The van der Waals surface area contributed by atoms with Crippen LogP contribution in [0, 0.1) is 0 Å². The molecule has 0 saturated heterocycles. The molecule has 10 aromatic rings. The zero-order valence-corrected chi connectivity index (χ0v) is 29.3. The average molecular weight is 692 g/mol. The van der Waals surface area contributed by atoms with Gasteiger partial charge in [0.25, 0.3) is 0 Å². The highest BCUT2D eigenvalue weighted by atomic mass is 16.3. The van der Waals surface area contributed by atoms with Gasteiger partial charge in [0.05, 0.1) is 11.4 Å². The Morgan fingerprint density at radius 3 is 1.67 bits per heavy atom. The molecule has 0 spiro atoms. The van der Waals surface area contributed by atoms with Gasteiger partial charge in [-0.05, 0) is 71.1 Å². The Morgan fingerprint density at radius 1 is 0.352 bits per heavy atom. The molecule has 4 nitrogen and oxygen atoms in total. The molecule has 2 heterocycles. The lowest BCUT2D eigenvalue weighted by Gasteiger charge is -2.26. The first-order chi connectivity index (χ1) is 26.8. The third-order valence-electron chi connectivity index (χ3n) is 10.0. The fourth-order valence-electron chi connectivity index (χ4n) is 7.47. The molecule has 254 valence electrons. The lowest BCUT2D eigenvalue weighted by Crippen LogP contribution is -2.09. The largest absolute Gasteiger partial charge is 0.455 e. The molecule has 0 amide bonds. The molecule has 4 heteroatoms. The number of furan rings is 1. The van der Waals surface area contributed by atoms with Gasteiger partial charge in [-0.25, -0.2) is 9.97 Å². The van der Waals surface area contributed by atoms with E-state index in [1.165, 1.54) is 5.56 Å². The third kappa shape index (κ3) is 5.67. The smallest absolute Gasteiger partial charge is 0.160 e. The van der Waals surface area contributed by atoms with Gasteiger partial charge in [-0.3, -0.25) is 0 Å². The van der Waals surface area contributed by atoms with Crippen LogP contribution in [-0.4, -0.2) is 9.97 Å². The Bertz CT molecular complexity index is 2870. The summed E-state index contributed by atoms with van der Waals surface area (Å²) in [6.45, 7) is 0. The summed E-state index contributed by atoms with van der Waals surface area (Å²) in [7, 11) is 0. The van der Waals surface area contributed by atoms with Crippen molar-refractivity contribution in [1.82, 2.24) is 9.97 Å². The van der Waals surface area contributed by atoms with E-state index in [1.807, 2.05) is 36.4 Å². The van der Waals surface area contributed by atoms with E-state index in [1.54, 1.807) is 0 Å². The Balaban J connectivity index is 1.19. The van der Waals surface area contributed by atoms with Crippen LogP contribution < -0.4 is 4.90 Å². The van der Waals surface area contributed by atoms with Crippen LogP contribution in [0.15, 0.2) is 205 Å². The van der Waals surface area contributed by atoms with E-state index >= 15 is 0 Å². The summed E-state index contributed by atoms with van der Waals surface area (Å²) in [5, 5.41) is 4.19. The number of anilines is 3. The standard InChI is InChI=1S/C50H33N3O/c1-5-16-34(17-6-1)37-22-15-25-39(30-37)53(38-23-11-4-12-24-38)40-28-29-48-44(31-40)45-32-43(41-26-13-14-27-42(41)49(45)54-48)47-33-46(35-18-7-2-8-19-35)51-50(52-47)36-20-9-3-10-21-36/h1-33H. The van der Waals surface area contributed by atoms with Crippen LogP contribution in [0.4, 0.5) is 17.1 Å². The lowest BCUT2D eigenvalue weighted by atomic mass is 9.97. The summed E-state index contributed by atoms with van der Waals surface area (Å²) in [4.78, 5) is 12.6. The first-order valence-electron chi connectivity index (χ1n) is 18.2. The minimum atomic E-state index is 0.687. The summed E-state index contributed by atoms with van der Waals surface area (Å²) in [5.74, 6) is 0.687. The summed E-state index contributed by atoms with van der Waals surface area (Å²) in [5.41, 5.74) is 12.0. The molecule has 0 aliphatic carbocycles. The van der Waals surface area contributed by atoms with Crippen molar-refractivity contribution < 1.29 is 4.42 Å².